The SMILES string of the molecule is CCCc1onc(CBr)c1CC. The average Bonchev–Trinajstić information content (AvgIpc) is 2.47. The van der Waals surface area contributed by atoms with Crippen molar-refractivity contribution in [3.8, 4) is 0 Å². The lowest BCUT2D eigenvalue weighted by Crippen LogP contribution is -1.90. The summed E-state index contributed by atoms with van der Waals surface area (Å²) >= 11 is 3.39. The van der Waals surface area contributed by atoms with Gasteiger partial charge in [-0.25, -0.2) is 0 Å². The highest BCUT2D eigenvalue weighted by Gasteiger charge is 2.11. The molecule has 0 spiro atoms. The maximum atomic E-state index is 5.24. The molecule has 1 rings (SSSR count). The molecule has 68 valence electrons. The standard InChI is InChI=1S/C9H14BrNO/c1-3-5-9-7(4-2)8(6-10)11-12-9/h3-6H2,1-2H3. The third-order valence-corrected chi connectivity index (χ3v) is 2.44. The van der Waals surface area contributed by atoms with Crippen LogP contribution in [0.4, 0.5) is 0 Å². The fraction of sp³-hybridized carbons (Fsp3) is 0.667. The van der Waals surface area contributed by atoms with Crippen molar-refractivity contribution in [2.45, 2.75) is 38.4 Å². The van der Waals surface area contributed by atoms with Crippen molar-refractivity contribution >= 4 is 15.9 Å². The van der Waals surface area contributed by atoms with Crippen LogP contribution in [0, 0.1) is 0 Å². The molecular formula is C9H14BrNO. The molecular weight excluding hydrogens is 218 g/mol. The van der Waals surface area contributed by atoms with Crippen molar-refractivity contribution in [3.63, 3.8) is 0 Å². The molecule has 1 heterocycles. The van der Waals surface area contributed by atoms with E-state index in [1.807, 2.05) is 0 Å². The third kappa shape index (κ3) is 1.89. The quantitative estimate of drug-likeness (QED) is 0.745. The summed E-state index contributed by atoms with van der Waals surface area (Å²) < 4.78 is 5.24. The monoisotopic (exact) mass is 231 g/mol. The van der Waals surface area contributed by atoms with Gasteiger partial charge in [-0.3, -0.25) is 0 Å². The van der Waals surface area contributed by atoms with Crippen molar-refractivity contribution in [2.75, 3.05) is 0 Å². The van der Waals surface area contributed by atoms with Gasteiger partial charge in [0.2, 0.25) is 0 Å². The molecule has 0 aliphatic carbocycles. The van der Waals surface area contributed by atoms with Gasteiger partial charge in [0.1, 0.15) is 5.76 Å². The van der Waals surface area contributed by atoms with Gasteiger partial charge in [-0.1, -0.05) is 34.9 Å². The largest absolute Gasteiger partial charge is 0.361 e. The molecule has 0 fully saturated rings. The second-order valence-electron chi connectivity index (χ2n) is 2.77. The summed E-state index contributed by atoms with van der Waals surface area (Å²) in [6.07, 6.45) is 3.13. The number of halogens is 1. The fourth-order valence-corrected chi connectivity index (χ4v) is 1.75. The van der Waals surface area contributed by atoms with Crippen LogP contribution in [-0.2, 0) is 18.2 Å². The molecule has 1 aromatic heterocycles. The molecule has 1 aromatic rings. The summed E-state index contributed by atoms with van der Waals surface area (Å²) in [7, 11) is 0. The van der Waals surface area contributed by atoms with Gasteiger partial charge in [-0.05, 0) is 12.8 Å². The van der Waals surface area contributed by atoms with Crippen LogP contribution in [0.5, 0.6) is 0 Å². The molecule has 0 atom stereocenters. The number of hydrogen-bond acceptors (Lipinski definition) is 2. The average molecular weight is 232 g/mol. The summed E-state index contributed by atoms with van der Waals surface area (Å²) in [5, 5.41) is 4.80. The van der Waals surface area contributed by atoms with Crippen molar-refractivity contribution in [1.29, 1.82) is 0 Å². The van der Waals surface area contributed by atoms with E-state index in [1.54, 1.807) is 0 Å². The van der Waals surface area contributed by atoms with Gasteiger partial charge < -0.3 is 4.52 Å². The number of aryl methyl sites for hydroxylation is 1. The topological polar surface area (TPSA) is 26.0 Å². The predicted molar refractivity (Wildman–Crippen MR) is 52.5 cm³/mol. The second-order valence-corrected chi connectivity index (χ2v) is 3.33. The molecule has 0 saturated carbocycles. The Morgan fingerprint density at radius 2 is 2.17 bits per heavy atom. The summed E-state index contributed by atoms with van der Waals surface area (Å²) in [4.78, 5) is 0. The molecule has 0 radical (unpaired) electrons. The number of alkyl halides is 1. The Labute approximate surface area is 81.5 Å². The Bertz CT molecular complexity index is 245. The van der Waals surface area contributed by atoms with Crippen LogP contribution in [0.2, 0.25) is 0 Å². The van der Waals surface area contributed by atoms with E-state index < -0.39 is 0 Å². The first kappa shape index (κ1) is 9.78. The number of hydrogen-bond donors (Lipinski definition) is 0. The number of rotatable bonds is 4. The zero-order valence-electron chi connectivity index (χ0n) is 7.56. The van der Waals surface area contributed by atoms with E-state index in [0.29, 0.717) is 0 Å². The smallest absolute Gasteiger partial charge is 0.140 e. The van der Waals surface area contributed by atoms with Crippen LogP contribution < -0.4 is 0 Å². The van der Waals surface area contributed by atoms with Crippen LogP contribution in [0.25, 0.3) is 0 Å². The van der Waals surface area contributed by atoms with Crippen LogP contribution >= 0.6 is 15.9 Å². The van der Waals surface area contributed by atoms with Gasteiger partial charge in [0.15, 0.2) is 0 Å². The van der Waals surface area contributed by atoms with Crippen LogP contribution in [0.15, 0.2) is 4.52 Å². The summed E-state index contributed by atoms with van der Waals surface area (Å²) in [5.74, 6) is 1.06. The molecule has 0 N–H and O–H groups in total. The highest BCUT2D eigenvalue weighted by atomic mass is 79.9. The second kappa shape index (κ2) is 4.65. The Balaban J connectivity index is 2.88. The van der Waals surface area contributed by atoms with Crippen molar-refractivity contribution in [3.05, 3.63) is 17.0 Å². The lowest BCUT2D eigenvalue weighted by atomic mass is 10.1. The lowest BCUT2D eigenvalue weighted by molar-refractivity contribution is 0.377. The van der Waals surface area contributed by atoms with E-state index in [2.05, 4.69) is 34.9 Å². The van der Waals surface area contributed by atoms with Crippen LogP contribution in [0.3, 0.4) is 0 Å². The predicted octanol–water partition coefficient (Wildman–Crippen LogP) is 3.08. The Kier molecular flexibility index (Phi) is 3.79. The van der Waals surface area contributed by atoms with Gasteiger partial charge >= 0.3 is 0 Å². The molecule has 0 amide bonds. The maximum absolute atomic E-state index is 5.24. The van der Waals surface area contributed by atoms with Gasteiger partial charge in [0.25, 0.3) is 0 Å². The van der Waals surface area contributed by atoms with Gasteiger partial charge in [0.05, 0.1) is 5.69 Å². The maximum Gasteiger partial charge on any atom is 0.140 e. The zero-order valence-corrected chi connectivity index (χ0v) is 9.15. The Morgan fingerprint density at radius 1 is 1.42 bits per heavy atom. The number of aromatic nitrogens is 1. The van der Waals surface area contributed by atoms with E-state index in [4.69, 9.17) is 4.52 Å². The van der Waals surface area contributed by atoms with E-state index in [9.17, 15) is 0 Å². The fourth-order valence-electron chi connectivity index (χ4n) is 1.31. The molecule has 0 aliphatic rings. The van der Waals surface area contributed by atoms with Crippen molar-refractivity contribution in [2.24, 2.45) is 0 Å². The normalized spacial score (nSPS) is 10.6. The first-order chi connectivity index (χ1) is 5.83. The van der Waals surface area contributed by atoms with E-state index in [1.165, 1.54) is 5.56 Å². The molecule has 2 nitrogen and oxygen atoms in total. The van der Waals surface area contributed by atoms with E-state index in [-0.39, 0.29) is 0 Å². The first-order valence-corrected chi connectivity index (χ1v) is 5.47. The molecule has 3 heteroatoms. The molecule has 0 aliphatic heterocycles. The highest BCUT2D eigenvalue weighted by Crippen LogP contribution is 2.18. The highest BCUT2D eigenvalue weighted by molar-refractivity contribution is 9.08. The molecule has 0 bridgehead atoms. The first-order valence-electron chi connectivity index (χ1n) is 4.35. The summed E-state index contributed by atoms with van der Waals surface area (Å²) in [6, 6.07) is 0. The minimum absolute atomic E-state index is 0.795. The minimum atomic E-state index is 0.795. The zero-order chi connectivity index (χ0) is 8.97. The molecule has 0 unspecified atom stereocenters. The van der Waals surface area contributed by atoms with Gasteiger partial charge in [0, 0.05) is 17.3 Å². The summed E-state index contributed by atoms with van der Waals surface area (Å²) in [5.41, 5.74) is 2.34. The molecule has 0 saturated heterocycles. The molecule has 0 aromatic carbocycles. The Hall–Kier alpha value is -0.310. The van der Waals surface area contributed by atoms with Crippen LogP contribution in [0.1, 0.15) is 37.3 Å². The summed E-state index contributed by atoms with van der Waals surface area (Å²) in [6.45, 7) is 4.29. The van der Waals surface area contributed by atoms with Gasteiger partial charge in [-0.15, -0.1) is 0 Å². The van der Waals surface area contributed by atoms with E-state index >= 15 is 0 Å². The number of nitrogens with zero attached hydrogens (tertiary/aromatic N) is 1. The minimum Gasteiger partial charge on any atom is -0.361 e. The lowest BCUT2D eigenvalue weighted by Gasteiger charge is -1.95. The van der Waals surface area contributed by atoms with Crippen molar-refractivity contribution < 1.29 is 4.52 Å². The Morgan fingerprint density at radius 3 is 2.67 bits per heavy atom. The van der Waals surface area contributed by atoms with Crippen molar-refractivity contribution in [1.82, 2.24) is 5.16 Å². The molecule has 12 heavy (non-hydrogen) atoms. The van der Waals surface area contributed by atoms with Gasteiger partial charge in [-0.2, -0.15) is 0 Å². The third-order valence-electron chi connectivity index (χ3n) is 1.91. The van der Waals surface area contributed by atoms with Crippen LogP contribution in [-0.4, -0.2) is 5.16 Å². The van der Waals surface area contributed by atoms with E-state index in [0.717, 1.165) is 36.0 Å².